The van der Waals surface area contributed by atoms with Gasteiger partial charge in [-0.1, -0.05) is 85.3 Å². The minimum Gasteiger partial charge on any atom is -0.303 e. The Hall–Kier alpha value is -2.51. The van der Waals surface area contributed by atoms with Crippen LogP contribution in [0.3, 0.4) is 0 Å². The second kappa shape index (κ2) is 13.7. The maximum absolute atomic E-state index is 13.1. The minimum absolute atomic E-state index is 0.316. The van der Waals surface area contributed by atoms with Crippen LogP contribution in [0.5, 0.6) is 0 Å². The van der Waals surface area contributed by atoms with E-state index in [1.165, 1.54) is 56.3 Å². The molecule has 3 aromatic rings. The SMILES string of the molecule is O=S(=O)(c1ccccc1)N1CCN(C(CCN2CCC(CCCc3ccccc3)CC2)c2ccccc2)CC1. The van der Waals surface area contributed by atoms with Crippen LogP contribution in [-0.4, -0.2) is 68.3 Å². The number of benzene rings is 3. The molecule has 39 heavy (non-hydrogen) atoms. The summed E-state index contributed by atoms with van der Waals surface area (Å²) in [6, 6.07) is 30.8. The van der Waals surface area contributed by atoms with Crippen molar-refractivity contribution in [2.75, 3.05) is 45.8 Å². The quantitative estimate of drug-likeness (QED) is 0.303. The first-order chi connectivity index (χ1) is 19.1. The molecule has 0 N–H and O–H groups in total. The van der Waals surface area contributed by atoms with E-state index in [1.807, 2.05) is 6.07 Å². The van der Waals surface area contributed by atoms with E-state index < -0.39 is 10.0 Å². The summed E-state index contributed by atoms with van der Waals surface area (Å²) in [6.45, 7) is 6.08. The second-order valence-corrected chi connectivity index (χ2v) is 13.1. The molecule has 3 aromatic carbocycles. The van der Waals surface area contributed by atoms with E-state index in [1.54, 1.807) is 28.6 Å². The predicted molar refractivity (Wildman–Crippen MR) is 159 cm³/mol. The Balaban J connectivity index is 1.11. The zero-order valence-corrected chi connectivity index (χ0v) is 23.9. The van der Waals surface area contributed by atoms with Crippen LogP contribution >= 0.6 is 0 Å². The fourth-order valence-electron chi connectivity index (χ4n) is 6.28. The van der Waals surface area contributed by atoms with Crippen molar-refractivity contribution in [3.63, 3.8) is 0 Å². The number of hydrogen-bond acceptors (Lipinski definition) is 4. The number of piperazine rings is 1. The first-order valence-corrected chi connectivity index (χ1v) is 16.1. The van der Waals surface area contributed by atoms with Crippen molar-refractivity contribution in [1.82, 2.24) is 14.1 Å². The normalized spacial score (nSPS) is 19.2. The van der Waals surface area contributed by atoms with Gasteiger partial charge in [0.05, 0.1) is 4.90 Å². The molecule has 1 unspecified atom stereocenters. The van der Waals surface area contributed by atoms with Crippen molar-refractivity contribution in [2.45, 2.75) is 49.5 Å². The van der Waals surface area contributed by atoms with Gasteiger partial charge in [0.1, 0.15) is 0 Å². The molecule has 0 spiro atoms. The average molecular weight is 546 g/mol. The zero-order valence-electron chi connectivity index (χ0n) is 23.1. The molecule has 5 nitrogen and oxygen atoms in total. The van der Waals surface area contributed by atoms with Crippen molar-refractivity contribution in [3.05, 3.63) is 102 Å². The van der Waals surface area contributed by atoms with Crippen LogP contribution in [0.1, 0.15) is 49.3 Å². The van der Waals surface area contributed by atoms with Crippen molar-refractivity contribution in [3.8, 4) is 0 Å². The number of likely N-dealkylation sites (tertiary alicyclic amines) is 1. The Labute approximate surface area is 235 Å². The topological polar surface area (TPSA) is 43.9 Å². The Bertz CT molecular complexity index is 1220. The van der Waals surface area contributed by atoms with Crippen molar-refractivity contribution >= 4 is 10.0 Å². The molecule has 2 aliphatic heterocycles. The van der Waals surface area contributed by atoms with Gasteiger partial charge in [0.25, 0.3) is 0 Å². The zero-order chi connectivity index (χ0) is 26.9. The molecule has 0 bridgehead atoms. The largest absolute Gasteiger partial charge is 0.303 e. The van der Waals surface area contributed by atoms with E-state index in [9.17, 15) is 8.42 Å². The van der Waals surface area contributed by atoms with E-state index in [0.29, 0.717) is 24.0 Å². The molecule has 208 valence electrons. The molecule has 6 heteroatoms. The molecule has 0 aromatic heterocycles. The number of piperidine rings is 1. The third-order valence-corrected chi connectivity index (χ3v) is 10.5. The number of aryl methyl sites for hydroxylation is 1. The van der Waals surface area contributed by atoms with Crippen LogP contribution in [0.15, 0.2) is 95.9 Å². The Morgan fingerprint density at radius 1 is 0.718 bits per heavy atom. The smallest absolute Gasteiger partial charge is 0.243 e. The van der Waals surface area contributed by atoms with Gasteiger partial charge in [-0.05, 0) is 80.9 Å². The van der Waals surface area contributed by atoms with E-state index in [0.717, 1.165) is 32.0 Å². The highest BCUT2D eigenvalue weighted by Gasteiger charge is 2.32. The monoisotopic (exact) mass is 545 g/mol. The summed E-state index contributed by atoms with van der Waals surface area (Å²) < 4.78 is 27.9. The summed E-state index contributed by atoms with van der Waals surface area (Å²) in [5.74, 6) is 0.856. The number of nitrogens with zero attached hydrogens (tertiary/aromatic N) is 3. The van der Waals surface area contributed by atoms with Gasteiger partial charge in [-0.25, -0.2) is 8.42 Å². The van der Waals surface area contributed by atoms with Crippen LogP contribution in [0.2, 0.25) is 0 Å². The maximum Gasteiger partial charge on any atom is 0.243 e. The highest BCUT2D eigenvalue weighted by Crippen LogP contribution is 2.29. The lowest BCUT2D eigenvalue weighted by atomic mass is 9.90. The van der Waals surface area contributed by atoms with E-state index in [2.05, 4.69) is 70.5 Å². The molecule has 2 saturated heterocycles. The molecule has 2 fully saturated rings. The van der Waals surface area contributed by atoms with Gasteiger partial charge in [0.15, 0.2) is 0 Å². The fourth-order valence-corrected chi connectivity index (χ4v) is 7.72. The first-order valence-electron chi connectivity index (χ1n) is 14.7. The van der Waals surface area contributed by atoms with Crippen LogP contribution < -0.4 is 0 Å². The third-order valence-electron chi connectivity index (χ3n) is 8.63. The maximum atomic E-state index is 13.1. The molecular formula is C33H43N3O2S. The lowest BCUT2D eigenvalue weighted by Crippen LogP contribution is -2.50. The van der Waals surface area contributed by atoms with Gasteiger partial charge in [0.2, 0.25) is 10.0 Å². The molecule has 2 heterocycles. The number of hydrogen-bond donors (Lipinski definition) is 0. The summed E-state index contributed by atoms with van der Waals surface area (Å²) in [5.41, 5.74) is 2.80. The molecule has 5 rings (SSSR count). The molecule has 0 aliphatic carbocycles. The fraction of sp³-hybridized carbons (Fsp3) is 0.455. The van der Waals surface area contributed by atoms with Gasteiger partial charge in [-0.3, -0.25) is 4.90 Å². The Morgan fingerprint density at radius 3 is 1.95 bits per heavy atom. The summed E-state index contributed by atoms with van der Waals surface area (Å²) in [5, 5.41) is 0. The lowest BCUT2D eigenvalue weighted by molar-refractivity contribution is 0.109. The minimum atomic E-state index is -3.43. The van der Waals surface area contributed by atoms with E-state index in [4.69, 9.17) is 0 Å². The van der Waals surface area contributed by atoms with Gasteiger partial charge in [0, 0.05) is 32.2 Å². The summed E-state index contributed by atoms with van der Waals surface area (Å²) >= 11 is 0. The first kappa shape index (κ1) is 28.0. The predicted octanol–water partition coefficient (Wildman–Crippen LogP) is 5.86. The van der Waals surface area contributed by atoms with Crippen LogP contribution in [0, 0.1) is 5.92 Å². The summed E-state index contributed by atoms with van der Waals surface area (Å²) in [7, 11) is -3.43. The molecule has 1 atom stereocenters. The van der Waals surface area contributed by atoms with Crippen molar-refractivity contribution < 1.29 is 8.42 Å². The summed E-state index contributed by atoms with van der Waals surface area (Å²) in [6.07, 6.45) is 7.51. The van der Waals surface area contributed by atoms with Crippen LogP contribution in [0.4, 0.5) is 0 Å². The van der Waals surface area contributed by atoms with Crippen LogP contribution in [-0.2, 0) is 16.4 Å². The van der Waals surface area contributed by atoms with Crippen molar-refractivity contribution in [2.24, 2.45) is 5.92 Å². The molecule has 0 saturated carbocycles. The molecule has 2 aliphatic rings. The van der Waals surface area contributed by atoms with Gasteiger partial charge in [-0.15, -0.1) is 0 Å². The van der Waals surface area contributed by atoms with E-state index >= 15 is 0 Å². The van der Waals surface area contributed by atoms with E-state index in [-0.39, 0.29) is 0 Å². The standard InChI is InChI=1S/C33H43N3O2S/c37-39(38,32-17-8-3-9-18-32)36-27-25-35(26-28-36)33(31-15-6-2-7-16-31)21-24-34-22-19-30(20-23-34)14-10-13-29-11-4-1-5-12-29/h1-9,11-12,15-18,30,33H,10,13-14,19-28H2. The summed E-state index contributed by atoms with van der Waals surface area (Å²) in [4.78, 5) is 5.55. The highest BCUT2D eigenvalue weighted by molar-refractivity contribution is 7.89. The average Bonchev–Trinajstić information content (AvgIpc) is 3.00. The van der Waals surface area contributed by atoms with Crippen molar-refractivity contribution in [1.29, 1.82) is 0 Å². The molecule has 0 radical (unpaired) electrons. The Morgan fingerprint density at radius 2 is 1.31 bits per heavy atom. The molecule has 0 amide bonds. The lowest BCUT2D eigenvalue weighted by Gasteiger charge is -2.40. The number of rotatable bonds is 11. The van der Waals surface area contributed by atoms with Gasteiger partial charge >= 0.3 is 0 Å². The van der Waals surface area contributed by atoms with Gasteiger partial charge < -0.3 is 4.90 Å². The van der Waals surface area contributed by atoms with Crippen LogP contribution in [0.25, 0.3) is 0 Å². The second-order valence-electron chi connectivity index (χ2n) is 11.1. The highest BCUT2D eigenvalue weighted by atomic mass is 32.2. The number of sulfonamides is 1. The Kier molecular flexibility index (Phi) is 9.86. The third kappa shape index (κ3) is 7.57. The molecular weight excluding hydrogens is 502 g/mol. The van der Waals surface area contributed by atoms with Gasteiger partial charge in [-0.2, -0.15) is 4.31 Å².